The third-order valence-electron chi connectivity index (χ3n) is 1.66. The Bertz CT molecular complexity index is 174. The van der Waals surface area contributed by atoms with Gasteiger partial charge in [-0.2, -0.15) is 0 Å². The van der Waals surface area contributed by atoms with Crippen LogP contribution in [-0.2, 0) is 14.3 Å². The molecule has 0 N–H and O–H groups in total. The number of Topliss-reactive ketones (excluding diaryl/α,β-unsaturated/α-hetero) is 1. The van der Waals surface area contributed by atoms with Crippen molar-refractivity contribution in [3.05, 3.63) is 0 Å². The number of hydrogen-bond donors (Lipinski definition) is 0. The van der Waals surface area contributed by atoms with Crippen LogP contribution in [0.15, 0.2) is 0 Å². The third-order valence-corrected chi connectivity index (χ3v) is 1.66. The Balaban J connectivity index is 2.63. The Morgan fingerprint density at radius 3 is 2.50 bits per heavy atom. The smallest absolute Gasteiger partial charge is 0.316 e. The summed E-state index contributed by atoms with van der Waals surface area (Å²) in [5, 5.41) is 0. The van der Waals surface area contributed by atoms with Gasteiger partial charge in [0.1, 0.15) is 17.8 Å². The molecule has 0 aliphatic carbocycles. The van der Waals surface area contributed by atoms with E-state index in [1.165, 1.54) is 6.92 Å². The zero-order valence-corrected chi connectivity index (χ0v) is 6.09. The fourth-order valence-electron chi connectivity index (χ4n) is 1.09. The molecule has 3 heteroatoms. The lowest BCUT2D eigenvalue weighted by atomic mass is 10.0. The minimum Gasteiger partial charge on any atom is -0.462 e. The first-order valence-corrected chi connectivity index (χ1v) is 3.32. The molecule has 56 valence electrons. The molecule has 0 bridgehead atoms. The summed E-state index contributed by atoms with van der Waals surface area (Å²) in [6.45, 7) is 3.21. The monoisotopic (exact) mass is 142 g/mol. The minimum atomic E-state index is -0.491. The first-order valence-electron chi connectivity index (χ1n) is 3.32. The van der Waals surface area contributed by atoms with Gasteiger partial charge in [-0.15, -0.1) is 0 Å². The van der Waals surface area contributed by atoms with Crippen LogP contribution in [-0.4, -0.2) is 17.9 Å². The summed E-state index contributed by atoms with van der Waals surface area (Å²) >= 11 is 0. The van der Waals surface area contributed by atoms with Crippen LogP contribution in [0.25, 0.3) is 0 Å². The van der Waals surface area contributed by atoms with Crippen molar-refractivity contribution in [1.82, 2.24) is 0 Å². The maximum atomic E-state index is 10.8. The lowest BCUT2D eigenvalue weighted by Gasteiger charge is -1.95. The second-order valence-corrected chi connectivity index (χ2v) is 2.65. The molecule has 1 unspecified atom stereocenters. The molecular formula is C7H10O3. The second-order valence-electron chi connectivity index (χ2n) is 2.65. The van der Waals surface area contributed by atoms with Gasteiger partial charge >= 0.3 is 5.97 Å². The van der Waals surface area contributed by atoms with Crippen LogP contribution in [0.1, 0.15) is 20.3 Å². The third kappa shape index (κ3) is 1.17. The minimum absolute atomic E-state index is 0.0820. The lowest BCUT2D eigenvalue weighted by molar-refractivity contribution is -0.146. The van der Waals surface area contributed by atoms with E-state index < -0.39 is 5.92 Å². The average Bonchev–Trinajstić information content (AvgIpc) is 2.10. The molecule has 1 aliphatic rings. The molecule has 0 saturated carbocycles. The molecule has 3 nitrogen and oxygen atoms in total. The van der Waals surface area contributed by atoms with E-state index in [0.29, 0.717) is 6.42 Å². The lowest BCUT2D eigenvalue weighted by Crippen LogP contribution is -2.15. The van der Waals surface area contributed by atoms with Gasteiger partial charge in [0.05, 0.1) is 0 Å². The largest absolute Gasteiger partial charge is 0.462 e. The van der Waals surface area contributed by atoms with Crippen molar-refractivity contribution in [3.63, 3.8) is 0 Å². The van der Waals surface area contributed by atoms with E-state index in [4.69, 9.17) is 4.74 Å². The molecule has 10 heavy (non-hydrogen) atoms. The van der Waals surface area contributed by atoms with Crippen LogP contribution in [0.3, 0.4) is 0 Å². The summed E-state index contributed by atoms with van der Waals surface area (Å²) in [6, 6.07) is 0. The summed E-state index contributed by atoms with van der Waals surface area (Å²) in [5.41, 5.74) is 0. The number of ketones is 1. The second kappa shape index (κ2) is 2.40. The predicted octanol–water partition coefficient (Wildman–Crippen LogP) is 0.527. The van der Waals surface area contributed by atoms with E-state index >= 15 is 0 Å². The summed E-state index contributed by atoms with van der Waals surface area (Å²) in [7, 11) is 0. The molecule has 1 aliphatic heterocycles. The zero-order chi connectivity index (χ0) is 7.72. The van der Waals surface area contributed by atoms with Crippen molar-refractivity contribution in [2.75, 3.05) is 0 Å². The molecule has 1 rings (SSSR count). The van der Waals surface area contributed by atoms with Gasteiger partial charge < -0.3 is 4.74 Å². The molecular weight excluding hydrogens is 132 g/mol. The highest BCUT2D eigenvalue weighted by molar-refractivity contribution is 5.98. The van der Waals surface area contributed by atoms with E-state index in [0.717, 1.165) is 0 Å². The quantitative estimate of drug-likeness (QED) is 0.396. The van der Waals surface area contributed by atoms with Crippen LogP contribution >= 0.6 is 0 Å². The van der Waals surface area contributed by atoms with Crippen LogP contribution in [0.2, 0.25) is 0 Å². The van der Waals surface area contributed by atoms with Crippen molar-refractivity contribution < 1.29 is 14.3 Å². The van der Waals surface area contributed by atoms with Gasteiger partial charge in [0.25, 0.3) is 0 Å². The summed E-state index contributed by atoms with van der Waals surface area (Å²) in [4.78, 5) is 21.5. The molecule has 0 spiro atoms. The molecule has 0 radical (unpaired) electrons. The normalized spacial score (nSPS) is 32.0. The van der Waals surface area contributed by atoms with Crippen LogP contribution < -0.4 is 0 Å². The van der Waals surface area contributed by atoms with Crippen LogP contribution in [0.5, 0.6) is 0 Å². The highest BCUT2D eigenvalue weighted by Crippen LogP contribution is 2.20. The van der Waals surface area contributed by atoms with Gasteiger partial charge in [-0.3, -0.25) is 9.59 Å². The number of carbonyl (C=O) groups excluding carboxylic acids is 2. The van der Waals surface area contributed by atoms with E-state index in [1.807, 2.05) is 0 Å². The van der Waals surface area contributed by atoms with Crippen molar-refractivity contribution in [2.45, 2.75) is 26.4 Å². The number of carbonyl (C=O) groups is 2. The summed E-state index contributed by atoms with van der Waals surface area (Å²) in [6.07, 6.45) is 0.468. The Labute approximate surface area is 59.4 Å². The Morgan fingerprint density at radius 2 is 2.30 bits per heavy atom. The summed E-state index contributed by atoms with van der Waals surface area (Å²) < 4.78 is 4.78. The van der Waals surface area contributed by atoms with Gasteiger partial charge in [-0.25, -0.2) is 0 Å². The van der Waals surface area contributed by atoms with Crippen molar-refractivity contribution in [1.29, 1.82) is 0 Å². The number of ether oxygens (including phenoxy) is 1. The van der Waals surface area contributed by atoms with Gasteiger partial charge in [0.15, 0.2) is 0 Å². The first kappa shape index (κ1) is 7.25. The highest BCUT2D eigenvalue weighted by Gasteiger charge is 2.34. The van der Waals surface area contributed by atoms with E-state index in [9.17, 15) is 9.59 Å². The Hall–Kier alpha value is -0.860. The van der Waals surface area contributed by atoms with Gasteiger partial charge in [-0.05, 0) is 13.8 Å². The molecule has 0 amide bonds. The van der Waals surface area contributed by atoms with Crippen molar-refractivity contribution >= 4 is 11.8 Å². The van der Waals surface area contributed by atoms with Gasteiger partial charge in [-0.1, -0.05) is 0 Å². The van der Waals surface area contributed by atoms with Crippen LogP contribution in [0.4, 0.5) is 0 Å². The number of esters is 1. The highest BCUT2D eigenvalue weighted by atomic mass is 16.5. The van der Waals surface area contributed by atoms with Crippen molar-refractivity contribution in [2.24, 2.45) is 5.92 Å². The molecule has 0 aromatic rings. The van der Waals surface area contributed by atoms with Gasteiger partial charge in [0.2, 0.25) is 0 Å². The van der Waals surface area contributed by atoms with Crippen molar-refractivity contribution in [3.8, 4) is 0 Å². The molecule has 0 aromatic heterocycles. The molecule has 1 saturated heterocycles. The van der Waals surface area contributed by atoms with Crippen LogP contribution in [0, 0.1) is 5.92 Å². The maximum absolute atomic E-state index is 10.8. The zero-order valence-electron chi connectivity index (χ0n) is 6.09. The SMILES string of the molecule is CC(=O)[C@H]1CC(C)OC1=O. The van der Waals surface area contributed by atoms with E-state index in [1.54, 1.807) is 6.92 Å². The van der Waals surface area contributed by atoms with E-state index in [2.05, 4.69) is 0 Å². The fraction of sp³-hybridized carbons (Fsp3) is 0.714. The molecule has 2 atom stereocenters. The van der Waals surface area contributed by atoms with Gasteiger partial charge in [0, 0.05) is 6.42 Å². The molecule has 1 heterocycles. The molecule has 1 fully saturated rings. The number of hydrogen-bond acceptors (Lipinski definition) is 3. The first-order chi connectivity index (χ1) is 4.61. The van der Waals surface area contributed by atoms with E-state index in [-0.39, 0.29) is 17.9 Å². The number of cyclic esters (lactones) is 1. The Kier molecular flexibility index (Phi) is 1.74. The fourth-order valence-corrected chi connectivity index (χ4v) is 1.09. The Morgan fingerprint density at radius 1 is 1.70 bits per heavy atom. The topological polar surface area (TPSA) is 43.4 Å². The molecule has 0 aromatic carbocycles. The summed E-state index contributed by atoms with van der Waals surface area (Å²) in [5.74, 6) is -0.940. The standard InChI is InChI=1S/C7H10O3/c1-4-3-6(5(2)8)7(9)10-4/h4,6H,3H2,1-2H3/t4?,6-/m1/s1. The maximum Gasteiger partial charge on any atom is 0.316 e. The number of rotatable bonds is 1. The average molecular weight is 142 g/mol. The predicted molar refractivity (Wildman–Crippen MR) is 34.3 cm³/mol.